The SMILES string of the molecule is CCC(C)CC(C)NCC(=O)N1CCCCCC1. The van der Waals surface area contributed by atoms with E-state index in [9.17, 15) is 4.79 Å². The number of carbonyl (C=O) groups excluding carboxylic acids is 1. The standard InChI is InChI=1S/C15H30N2O/c1-4-13(2)11-14(3)16-12-15(18)17-9-7-5-6-8-10-17/h13-14,16H,4-12H2,1-3H3. The van der Waals surface area contributed by atoms with Crippen molar-refractivity contribution in [3.63, 3.8) is 0 Å². The number of nitrogens with zero attached hydrogens (tertiary/aromatic N) is 1. The molecule has 1 saturated heterocycles. The highest BCUT2D eigenvalue weighted by Gasteiger charge is 2.16. The van der Waals surface area contributed by atoms with Gasteiger partial charge in [0.25, 0.3) is 0 Å². The van der Waals surface area contributed by atoms with Gasteiger partial charge in [-0.15, -0.1) is 0 Å². The van der Waals surface area contributed by atoms with Gasteiger partial charge in [0, 0.05) is 19.1 Å². The van der Waals surface area contributed by atoms with E-state index in [4.69, 9.17) is 0 Å². The van der Waals surface area contributed by atoms with Crippen LogP contribution in [0.2, 0.25) is 0 Å². The van der Waals surface area contributed by atoms with Crippen molar-refractivity contribution in [3.8, 4) is 0 Å². The number of hydrogen-bond donors (Lipinski definition) is 1. The van der Waals surface area contributed by atoms with Crippen LogP contribution in [-0.4, -0.2) is 36.5 Å². The quantitative estimate of drug-likeness (QED) is 0.790. The number of rotatable bonds is 6. The van der Waals surface area contributed by atoms with Crippen molar-refractivity contribution in [2.45, 2.75) is 65.3 Å². The lowest BCUT2D eigenvalue weighted by Gasteiger charge is -2.23. The molecule has 18 heavy (non-hydrogen) atoms. The zero-order valence-corrected chi connectivity index (χ0v) is 12.4. The first-order chi connectivity index (χ1) is 8.63. The lowest BCUT2D eigenvalue weighted by Crippen LogP contribution is -2.41. The Balaban J connectivity index is 2.22. The van der Waals surface area contributed by atoms with Gasteiger partial charge in [-0.05, 0) is 32.1 Å². The number of likely N-dealkylation sites (tertiary alicyclic amines) is 1. The van der Waals surface area contributed by atoms with Crippen LogP contribution in [0.4, 0.5) is 0 Å². The van der Waals surface area contributed by atoms with Crippen molar-refractivity contribution in [1.82, 2.24) is 10.2 Å². The molecule has 0 aromatic carbocycles. The molecule has 2 unspecified atom stereocenters. The molecule has 1 N–H and O–H groups in total. The summed E-state index contributed by atoms with van der Waals surface area (Å²) in [5.41, 5.74) is 0. The molecule has 1 rings (SSSR count). The molecule has 106 valence electrons. The summed E-state index contributed by atoms with van der Waals surface area (Å²) < 4.78 is 0. The summed E-state index contributed by atoms with van der Waals surface area (Å²) in [6, 6.07) is 0.441. The molecule has 2 atom stereocenters. The van der Waals surface area contributed by atoms with Crippen LogP contribution in [-0.2, 0) is 4.79 Å². The van der Waals surface area contributed by atoms with Crippen LogP contribution in [0.25, 0.3) is 0 Å². The molecule has 0 radical (unpaired) electrons. The molecule has 3 nitrogen and oxygen atoms in total. The van der Waals surface area contributed by atoms with Crippen molar-refractivity contribution in [2.24, 2.45) is 5.92 Å². The maximum Gasteiger partial charge on any atom is 0.236 e. The van der Waals surface area contributed by atoms with E-state index in [-0.39, 0.29) is 5.91 Å². The molecule has 1 heterocycles. The van der Waals surface area contributed by atoms with Crippen molar-refractivity contribution >= 4 is 5.91 Å². The highest BCUT2D eigenvalue weighted by molar-refractivity contribution is 5.78. The first-order valence-electron chi connectivity index (χ1n) is 7.64. The third-order valence-electron chi connectivity index (χ3n) is 4.01. The average molecular weight is 254 g/mol. The molecule has 1 aliphatic rings. The maximum atomic E-state index is 12.1. The van der Waals surface area contributed by atoms with E-state index in [1.54, 1.807) is 0 Å². The van der Waals surface area contributed by atoms with E-state index in [2.05, 4.69) is 26.1 Å². The molecule has 1 aliphatic heterocycles. The van der Waals surface area contributed by atoms with Crippen LogP contribution in [0.3, 0.4) is 0 Å². The van der Waals surface area contributed by atoms with Gasteiger partial charge >= 0.3 is 0 Å². The zero-order chi connectivity index (χ0) is 13.4. The van der Waals surface area contributed by atoms with E-state index in [0.717, 1.165) is 25.4 Å². The fraction of sp³-hybridized carbons (Fsp3) is 0.933. The van der Waals surface area contributed by atoms with Crippen molar-refractivity contribution in [3.05, 3.63) is 0 Å². The van der Waals surface area contributed by atoms with Crippen LogP contribution >= 0.6 is 0 Å². The Kier molecular flexibility index (Phi) is 7.33. The average Bonchev–Trinajstić information content (AvgIpc) is 2.64. The van der Waals surface area contributed by atoms with E-state index < -0.39 is 0 Å². The Morgan fingerprint density at radius 3 is 2.33 bits per heavy atom. The largest absolute Gasteiger partial charge is 0.342 e. The van der Waals surface area contributed by atoms with Gasteiger partial charge in [-0.3, -0.25) is 4.79 Å². The van der Waals surface area contributed by atoms with Crippen LogP contribution in [0.1, 0.15) is 59.3 Å². The maximum absolute atomic E-state index is 12.1. The lowest BCUT2D eigenvalue weighted by atomic mass is 10.0. The fourth-order valence-corrected chi connectivity index (χ4v) is 2.55. The molecule has 1 fully saturated rings. The molecular formula is C15H30N2O. The van der Waals surface area contributed by atoms with Gasteiger partial charge in [0.15, 0.2) is 0 Å². The van der Waals surface area contributed by atoms with Crippen molar-refractivity contribution in [1.29, 1.82) is 0 Å². The molecule has 0 spiro atoms. The molecule has 3 heteroatoms. The molecule has 0 aromatic rings. The summed E-state index contributed by atoms with van der Waals surface area (Å²) in [4.78, 5) is 14.1. The van der Waals surface area contributed by atoms with Crippen LogP contribution in [0.15, 0.2) is 0 Å². The van der Waals surface area contributed by atoms with Crippen molar-refractivity contribution < 1.29 is 4.79 Å². The second-order valence-electron chi connectivity index (χ2n) is 5.83. The predicted molar refractivity (Wildman–Crippen MR) is 76.6 cm³/mol. The first kappa shape index (κ1) is 15.5. The van der Waals surface area contributed by atoms with Gasteiger partial charge in [-0.25, -0.2) is 0 Å². The van der Waals surface area contributed by atoms with Gasteiger partial charge in [0.1, 0.15) is 0 Å². The minimum atomic E-state index is 0.285. The topological polar surface area (TPSA) is 32.3 Å². The molecule has 0 aliphatic carbocycles. The normalized spacial score (nSPS) is 20.3. The summed E-state index contributed by atoms with van der Waals surface area (Å²) >= 11 is 0. The molecular weight excluding hydrogens is 224 g/mol. The van der Waals surface area contributed by atoms with Gasteiger partial charge in [-0.2, -0.15) is 0 Å². The van der Waals surface area contributed by atoms with Gasteiger partial charge in [-0.1, -0.05) is 33.1 Å². The second-order valence-corrected chi connectivity index (χ2v) is 5.83. The monoisotopic (exact) mass is 254 g/mol. The zero-order valence-electron chi connectivity index (χ0n) is 12.4. The smallest absolute Gasteiger partial charge is 0.236 e. The van der Waals surface area contributed by atoms with Crippen LogP contribution in [0.5, 0.6) is 0 Å². The third kappa shape index (κ3) is 5.85. The highest BCUT2D eigenvalue weighted by Crippen LogP contribution is 2.11. The summed E-state index contributed by atoms with van der Waals surface area (Å²) in [6.45, 7) is 9.11. The number of nitrogens with one attached hydrogen (secondary N) is 1. The Morgan fingerprint density at radius 2 is 1.78 bits per heavy atom. The van der Waals surface area contributed by atoms with E-state index >= 15 is 0 Å². The summed E-state index contributed by atoms with van der Waals surface area (Å²) in [7, 11) is 0. The van der Waals surface area contributed by atoms with Gasteiger partial charge in [0.2, 0.25) is 5.91 Å². The number of carbonyl (C=O) groups is 1. The number of amides is 1. The Bertz CT molecular complexity index is 235. The molecule has 0 aromatic heterocycles. The lowest BCUT2D eigenvalue weighted by molar-refractivity contribution is -0.130. The van der Waals surface area contributed by atoms with Gasteiger partial charge < -0.3 is 10.2 Å². The highest BCUT2D eigenvalue weighted by atomic mass is 16.2. The first-order valence-corrected chi connectivity index (χ1v) is 7.64. The van der Waals surface area contributed by atoms with E-state index in [0.29, 0.717) is 12.6 Å². The predicted octanol–water partition coefficient (Wildman–Crippen LogP) is 2.80. The third-order valence-corrected chi connectivity index (χ3v) is 4.01. The molecule has 0 saturated carbocycles. The van der Waals surface area contributed by atoms with Gasteiger partial charge in [0.05, 0.1) is 6.54 Å². The Morgan fingerprint density at radius 1 is 1.17 bits per heavy atom. The summed E-state index contributed by atoms with van der Waals surface area (Å²) in [5.74, 6) is 1.02. The minimum absolute atomic E-state index is 0.285. The van der Waals surface area contributed by atoms with E-state index in [1.165, 1.54) is 32.1 Å². The second kappa shape index (κ2) is 8.52. The van der Waals surface area contributed by atoms with E-state index in [1.807, 2.05) is 4.90 Å². The Labute approximate surface area is 112 Å². The van der Waals surface area contributed by atoms with Crippen molar-refractivity contribution in [2.75, 3.05) is 19.6 Å². The number of hydrogen-bond acceptors (Lipinski definition) is 2. The fourth-order valence-electron chi connectivity index (χ4n) is 2.55. The van der Waals surface area contributed by atoms with Crippen LogP contribution < -0.4 is 5.32 Å². The summed E-state index contributed by atoms with van der Waals surface area (Å²) in [5, 5.41) is 3.37. The Hall–Kier alpha value is -0.570. The summed E-state index contributed by atoms with van der Waals surface area (Å²) in [6.07, 6.45) is 7.28. The molecule has 1 amide bonds. The minimum Gasteiger partial charge on any atom is -0.342 e. The molecule has 0 bridgehead atoms. The van der Waals surface area contributed by atoms with Crippen LogP contribution in [0, 0.1) is 5.92 Å².